The molecule has 0 aromatic heterocycles. The maximum Gasteiger partial charge on any atom is 0.262 e. The summed E-state index contributed by atoms with van der Waals surface area (Å²) < 4.78 is 6.52. The molecular weight excluding hydrogens is 342 g/mol. The van der Waals surface area contributed by atoms with E-state index in [1.165, 1.54) is 0 Å². The molecule has 3 aromatic rings. The molecule has 0 heterocycles. The number of hydrogen-bond donors (Lipinski definition) is 1. The van der Waals surface area contributed by atoms with Crippen molar-refractivity contribution in [3.8, 4) is 5.75 Å². The normalized spacial score (nSPS) is 10.4. The Bertz CT molecular complexity index is 800. The van der Waals surface area contributed by atoms with Crippen LogP contribution in [0.15, 0.2) is 71.2 Å². The highest BCUT2D eigenvalue weighted by molar-refractivity contribution is 9.10. The Kier molecular flexibility index (Phi) is 4.39. The highest BCUT2D eigenvalue weighted by atomic mass is 79.9. The van der Waals surface area contributed by atoms with Crippen molar-refractivity contribution in [1.82, 2.24) is 0 Å². The van der Waals surface area contributed by atoms with E-state index in [2.05, 4.69) is 21.2 Å². The zero-order valence-corrected chi connectivity index (χ0v) is 13.3. The lowest BCUT2D eigenvalue weighted by atomic mass is 10.1. The molecule has 0 aliphatic heterocycles. The number of nitrogens with one attached hydrogen (secondary N) is 1. The second kappa shape index (κ2) is 6.62. The van der Waals surface area contributed by atoms with Crippen LogP contribution in [0.3, 0.4) is 0 Å². The van der Waals surface area contributed by atoms with Crippen molar-refractivity contribution in [2.45, 2.75) is 0 Å². The van der Waals surface area contributed by atoms with Crippen LogP contribution >= 0.6 is 15.9 Å². The summed E-state index contributed by atoms with van der Waals surface area (Å²) in [6.45, 7) is -0.0194. The smallest absolute Gasteiger partial charge is 0.262 e. The molecule has 110 valence electrons. The zero-order chi connectivity index (χ0) is 15.4. The predicted octanol–water partition coefficient (Wildman–Crippen LogP) is 4.62. The van der Waals surface area contributed by atoms with Crippen molar-refractivity contribution < 1.29 is 9.53 Å². The number of anilines is 1. The van der Waals surface area contributed by atoms with E-state index in [9.17, 15) is 4.79 Å². The van der Waals surface area contributed by atoms with Crippen molar-refractivity contribution in [3.05, 3.63) is 71.2 Å². The summed E-state index contributed by atoms with van der Waals surface area (Å²) in [6.07, 6.45) is 0. The number of benzene rings is 3. The van der Waals surface area contributed by atoms with Crippen LogP contribution in [-0.4, -0.2) is 12.5 Å². The topological polar surface area (TPSA) is 38.3 Å². The van der Waals surface area contributed by atoms with Gasteiger partial charge in [0, 0.05) is 10.2 Å². The summed E-state index contributed by atoms with van der Waals surface area (Å²) in [5.41, 5.74) is 0.746. The van der Waals surface area contributed by atoms with Gasteiger partial charge >= 0.3 is 0 Å². The lowest BCUT2D eigenvalue weighted by molar-refractivity contribution is -0.118. The lowest BCUT2D eigenvalue weighted by Gasteiger charge is -2.08. The number of hydrogen-bond acceptors (Lipinski definition) is 2. The van der Waals surface area contributed by atoms with Gasteiger partial charge in [0.2, 0.25) is 0 Å². The molecule has 3 aromatic carbocycles. The third kappa shape index (κ3) is 3.65. The highest BCUT2D eigenvalue weighted by Gasteiger charge is 2.04. The quantitative estimate of drug-likeness (QED) is 0.741. The minimum atomic E-state index is -0.185. The Morgan fingerprint density at radius 2 is 1.68 bits per heavy atom. The fourth-order valence-corrected chi connectivity index (χ4v) is 2.40. The first kappa shape index (κ1) is 14.6. The Morgan fingerprint density at radius 3 is 2.45 bits per heavy atom. The third-order valence-corrected chi connectivity index (χ3v) is 3.75. The van der Waals surface area contributed by atoms with Crippen molar-refractivity contribution in [3.63, 3.8) is 0 Å². The maximum absolute atomic E-state index is 11.9. The van der Waals surface area contributed by atoms with Crippen molar-refractivity contribution in [1.29, 1.82) is 0 Å². The van der Waals surface area contributed by atoms with Crippen LogP contribution in [0.2, 0.25) is 0 Å². The van der Waals surface area contributed by atoms with Gasteiger partial charge in [-0.15, -0.1) is 0 Å². The molecule has 4 heteroatoms. The molecule has 0 saturated carbocycles. The molecule has 0 spiro atoms. The molecule has 0 atom stereocenters. The summed E-state index contributed by atoms with van der Waals surface area (Å²) in [6, 6.07) is 21.2. The van der Waals surface area contributed by atoms with Gasteiger partial charge in [0.25, 0.3) is 5.91 Å². The van der Waals surface area contributed by atoms with Crippen LogP contribution in [-0.2, 0) is 4.79 Å². The molecule has 0 radical (unpaired) electrons. The Labute approximate surface area is 137 Å². The van der Waals surface area contributed by atoms with Crippen molar-refractivity contribution >= 4 is 38.3 Å². The van der Waals surface area contributed by atoms with Crippen LogP contribution in [0.4, 0.5) is 5.69 Å². The standard InChI is InChI=1S/C18H14BrNO2/c19-15-6-8-16(9-7-15)20-18(21)12-22-17-10-5-13-3-1-2-4-14(13)11-17/h1-11H,12H2,(H,20,21). The van der Waals surface area contributed by atoms with E-state index in [4.69, 9.17) is 4.74 Å². The monoisotopic (exact) mass is 355 g/mol. The second-order valence-electron chi connectivity index (χ2n) is 4.85. The first-order valence-electron chi connectivity index (χ1n) is 6.88. The van der Waals surface area contributed by atoms with Crippen LogP contribution in [0.1, 0.15) is 0 Å². The van der Waals surface area contributed by atoms with E-state index >= 15 is 0 Å². The molecule has 3 nitrogen and oxygen atoms in total. The van der Waals surface area contributed by atoms with Crippen LogP contribution in [0.5, 0.6) is 5.75 Å². The minimum Gasteiger partial charge on any atom is -0.484 e. The van der Waals surface area contributed by atoms with Crippen LogP contribution in [0.25, 0.3) is 10.8 Å². The molecule has 0 unspecified atom stereocenters. The number of rotatable bonds is 4. The highest BCUT2D eigenvalue weighted by Crippen LogP contribution is 2.20. The molecule has 22 heavy (non-hydrogen) atoms. The molecular formula is C18H14BrNO2. The fraction of sp³-hybridized carbons (Fsp3) is 0.0556. The number of halogens is 1. The first-order chi connectivity index (χ1) is 10.7. The Balaban J connectivity index is 1.60. The van der Waals surface area contributed by atoms with Crippen LogP contribution < -0.4 is 10.1 Å². The van der Waals surface area contributed by atoms with E-state index in [-0.39, 0.29) is 12.5 Å². The molecule has 0 fully saturated rings. The molecule has 1 amide bonds. The first-order valence-corrected chi connectivity index (χ1v) is 7.67. The van der Waals surface area contributed by atoms with Gasteiger partial charge in [-0.05, 0) is 47.2 Å². The Hall–Kier alpha value is -2.33. The molecule has 1 N–H and O–H groups in total. The summed E-state index contributed by atoms with van der Waals surface area (Å²) in [7, 11) is 0. The Morgan fingerprint density at radius 1 is 0.955 bits per heavy atom. The average Bonchev–Trinajstić information content (AvgIpc) is 2.55. The minimum absolute atomic E-state index is 0.0194. The fourth-order valence-electron chi connectivity index (χ4n) is 2.14. The van der Waals surface area contributed by atoms with Gasteiger partial charge in [0.05, 0.1) is 0 Å². The van der Waals surface area contributed by atoms with E-state index in [0.717, 1.165) is 20.9 Å². The van der Waals surface area contributed by atoms with Gasteiger partial charge in [0.15, 0.2) is 6.61 Å². The third-order valence-electron chi connectivity index (χ3n) is 3.22. The molecule has 0 aliphatic rings. The van der Waals surface area contributed by atoms with Gasteiger partial charge < -0.3 is 10.1 Å². The molecule has 0 bridgehead atoms. The molecule has 0 aliphatic carbocycles. The van der Waals surface area contributed by atoms with E-state index in [1.807, 2.05) is 66.7 Å². The van der Waals surface area contributed by atoms with E-state index < -0.39 is 0 Å². The summed E-state index contributed by atoms with van der Waals surface area (Å²) in [4.78, 5) is 11.9. The summed E-state index contributed by atoms with van der Waals surface area (Å²) >= 11 is 3.36. The number of amides is 1. The van der Waals surface area contributed by atoms with Crippen LogP contribution in [0, 0.1) is 0 Å². The molecule has 3 rings (SSSR count). The zero-order valence-electron chi connectivity index (χ0n) is 11.8. The van der Waals surface area contributed by atoms with Gasteiger partial charge in [0.1, 0.15) is 5.75 Å². The largest absolute Gasteiger partial charge is 0.484 e. The number of carbonyl (C=O) groups is 1. The van der Waals surface area contributed by atoms with E-state index in [0.29, 0.717) is 5.75 Å². The second-order valence-corrected chi connectivity index (χ2v) is 5.77. The summed E-state index contributed by atoms with van der Waals surface area (Å²) in [5, 5.41) is 5.03. The van der Waals surface area contributed by atoms with Gasteiger partial charge in [-0.25, -0.2) is 0 Å². The average molecular weight is 356 g/mol. The lowest BCUT2D eigenvalue weighted by Crippen LogP contribution is -2.20. The number of carbonyl (C=O) groups excluding carboxylic acids is 1. The maximum atomic E-state index is 11.9. The SMILES string of the molecule is O=C(COc1ccc2ccccc2c1)Nc1ccc(Br)cc1. The number of ether oxygens (including phenoxy) is 1. The van der Waals surface area contributed by atoms with Crippen molar-refractivity contribution in [2.24, 2.45) is 0 Å². The summed E-state index contributed by atoms with van der Waals surface area (Å²) in [5.74, 6) is 0.500. The van der Waals surface area contributed by atoms with Gasteiger partial charge in [-0.3, -0.25) is 4.79 Å². The number of fused-ring (bicyclic) bond motifs is 1. The molecule has 0 saturated heterocycles. The van der Waals surface area contributed by atoms with Gasteiger partial charge in [-0.1, -0.05) is 46.3 Å². The predicted molar refractivity (Wildman–Crippen MR) is 92.2 cm³/mol. The van der Waals surface area contributed by atoms with Gasteiger partial charge in [-0.2, -0.15) is 0 Å². The van der Waals surface area contributed by atoms with Crippen molar-refractivity contribution in [2.75, 3.05) is 11.9 Å². The van der Waals surface area contributed by atoms with E-state index in [1.54, 1.807) is 0 Å².